The van der Waals surface area contributed by atoms with Crippen LogP contribution >= 0.6 is 23.1 Å². The van der Waals surface area contributed by atoms with Crippen LogP contribution < -0.4 is 24.5 Å². The zero-order valence-corrected chi connectivity index (χ0v) is 26.5. The third kappa shape index (κ3) is 5.18. The van der Waals surface area contributed by atoms with Gasteiger partial charge in [-0.15, -0.1) is 0 Å². The molecule has 2 aliphatic heterocycles. The molecule has 7 nitrogen and oxygen atoms in total. The predicted octanol–water partition coefficient (Wildman–Crippen LogP) is 6.18. The molecule has 4 aromatic carbocycles. The van der Waals surface area contributed by atoms with Crippen LogP contribution in [0.2, 0.25) is 0 Å². The fraction of sp³-hybridized carbons (Fsp3) is 0.139. The van der Waals surface area contributed by atoms with E-state index >= 15 is 0 Å². The summed E-state index contributed by atoms with van der Waals surface area (Å²) in [4.78, 5) is 37.9. The Kier molecular flexibility index (Phi) is 7.64. The van der Waals surface area contributed by atoms with Crippen LogP contribution in [0.3, 0.4) is 0 Å². The molecule has 0 spiro atoms. The molecule has 7 rings (SSSR count). The van der Waals surface area contributed by atoms with Crippen molar-refractivity contribution in [3.8, 4) is 5.75 Å². The van der Waals surface area contributed by atoms with E-state index in [4.69, 9.17) is 14.5 Å². The SMILES string of the molecule is CCOC(=O)C1=C(c2ccccc2)N=c2s/c(=C/c3ccc4c(c3)Sc3ccccc3N4C)c(=O)n2[C@@H]1c1ccc(OC)cc1. The van der Waals surface area contributed by atoms with Gasteiger partial charge in [-0.2, -0.15) is 0 Å². The van der Waals surface area contributed by atoms with Gasteiger partial charge >= 0.3 is 5.97 Å². The first kappa shape index (κ1) is 28.9. The van der Waals surface area contributed by atoms with Crippen LogP contribution in [0.1, 0.15) is 29.7 Å². The van der Waals surface area contributed by atoms with Gasteiger partial charge in [0.1, 0.15) is 5.75 Å². The van der Waals surface area contributed by atoms with E-state index in [1.807, 2.05) is 78.9 Å². The molecular weight excluding hydrogens is 603 g/mol. The Labute approximate surface area is 268 Å². The number of carbonyl (C=O) groups excluding carboxylic acids is 1. The minimum atomic E-state index is -0.743. The van der Waals surface area contributed by atoms with E-state index in [9.17, 15) is 9.59 Å². The molecule has 1 atom stereocenters. The number of benzene rings is 4. The minimum Gasteiger partial charge on any atom is -0.497 e. The number of hydrogen-bond acceptors (Lipinski definition) is 8. The molecule has 45 heavy (non-hydrogen) atoms. The Balaban J connectivity index is 1.41. The second-order valence-electron chi connectivity index (χ2n) is 10.6. The zero-order valence-electron chi connectivity index (χ0n) is 24.9. The van der Waals surface area contributed by atoms with Gasteiger partial charge in [0, 0.05) is 22.4 Å². The molecule has 9 heteroatoms. The van der Waals surface area contributed by atoms with Gasteiger partial charge in [0.25, 0.3) is 5.56 Å². The summed E-state index contributed by atoms with van der Waals surface area (Å²) < 4.78 is 13.1. The lowest BCUT2D eigenvalue weighted by molar-refractivity contribution is -0.138. The van der Waals surface area contributed by atoms with E-state index in [0.717, 1.165) is 27.3 Å². The molecule has 0 saturated carbocycles. The minimum absolute atomic E-state index is 0.195. The fourth-order valence-electron chi connectivity index (χ4n) is 5.74. The van der Waals surface area contributed by atoms with E-state index in [1.165, 1.54) is 21.9 Å². The average molecular weight is 632 g/mol. The number of anilines is 2. The van der Waals surface area contributed by atoms with Crippen LogP contribution in [0.25, 0.3) is 11.8 Å². The number of rotatable bonds is 6. The van der Waals surface area contributed by atoms with Gasteiger partial charge in [-0.1, -0.05) is 83.8 Å². The Morgan fingerprint density at radius 3 is 2.42 bits per heavy atom. The number of esters is 1. The van der Waals surface area contributed by atoms with Crippen molar-refractivity contribution in [2.45, 2.75) is 22.8 Å². The number of thiazole rings is 1. The Morgan fingerprint density at radius 1 is 0.933 bits per heavy atom. The van der Waals surface area contributed by atoms with Crippen LogP contribution in [-0.2, 0) is 9.53 Å². The summed E-state index contributed by atoms with van der Waals surface area (Å²) >= 11 is 3.04. The van der Waals surface area contributed by atoms with Gasteiger partial charge in [0.15, 0.2) is 4.80 Å². The monoisotopic (exact) mass is 631 g/mol. The maximum Gasteiger partial charge on any atom is 0.338 e. The molecule has 3 heterocycles. The molecular formula is C36H29N3O4S2. The molecule has 2 aliphatic rings. The van der Waals surface area contributed by atoms with Crippen molar-refractivity contribution < 1.29 is 14.3 Å². The summed E-state index contributed by atoms with van der Waals surface area (Å²) in [6, 6.07) is 30.8. The number of hydrogen-bond donors (Lipinski definition) is 0. The van der Waals surface area contributed by atoms with Crippen molar-refractivity contribution >= 4 is 52.2 Å². The summed E-state index contributed by atoms with van der Waals surface area (Å²) in [5, 5.41) is 0. The molecule has 5 aromatic rings. The maximum absolute atomic E-state index is 14.3. The highest BCUT2D eigenvalue weighted by molar-refractivity contribution is 7.99. The first-order chi connectivity index (χ1) is 22.0. The van der Waals surface area contributed by atoms with E-state index in [2.05, 4.69) is 36.2 Å². The smallest absolute Gasteiger partial charge is 0.338 e. The molecule has 0 saturated heterocycles. The summed E-state index contributed by atoms with van der Waals surface area (Å²) in [7, 11) is 3.67. The number of para-hydroxylation sites is 1. The summed E-state index contributed by atoms with van der Waals surface area (Å²) in [5.41, 5.74) is 5.31. The van der Waals surface area contributed by atoms with E-state index in [-0.39, 0.29) is 12.2 Å². The van der Waals surface area contributed by atoms with Gasteiger partial charge in [0.05, 0.1) is 46.9 Å². The molecule has 0 fully saturated rings. The van der Waals surface area contributed by atoms with Crippen LogP contribution in [-0.4, -0.2) is 31.3 Å². The van der Waals surface area contributed by atoms with E-state index in [0.29, 0.717) is 26.4 Å². The molecule has 0 amide bonds. The van der Waals surface area contributed by atoms with Crippen molar-refractivity contribution in [2.75, 3.05) is 25.7 Å². The van der Waals surface area contributed by atoms with E-state index < -0.39 is 12.0 Å². The lowest BCUT2D eigenvalue weighted by atomic mass is 9.93. The lowest BCUT2D eigenvalue weighted by Crippen LogP contribution is -2.40. The highest BCUT2D eigenvalue weighted by Gasteiger charge is 2.35. The second-order valence-corrected chi connectivity index (χ2v) is 12.7. The van der Waals surface area contributed by atoms with Crippen molar-refractivity contribution in [3.05, 3.63) is 139 Å². The quantitative estimate of drug-likeness (QED) is 0.209. The fourth-order valence-corrected chi connectivity index (χ4v) is 7.94. The largest absolute Gasteiger partial charge is 0.497 e. The summed E-state index contributed by atoms with van der Waals surface area (Å²) in [6.45, 7) is 1.96. The third-order valence-electron chi connectivity index (χ3n) is 7.89. The van der Waals surface area contributed by atoms with Crippen LogP contribution in [0, 0.1) is 0 Å². The Hall–Kier alpha value is -4.86. The highest BCUT2D eigenvalue weighted by Crippen LogP contribution is 2.47. The van der Waals surface area contributed by atoms with Crippen molar-refractivity contribution in [2.24, 2.45) is 4.99 Å². The zero-order chi connectivity index (χ0) is 31.1. The Morgan fingerprint density at radius 2 is 1.67 bits per heavy atom. The van der Waals surface area contributed by atoms with Crippen LogP contribution in [0.4, 0.5) is 11.4 Å². The van der Waals surface area contributed by atoms with Gasteiger partial charge in [-0.3, -0.25) is 9.36 Å². The van der Waals surface area contributed by atoms with Gasteiger partial charge in [-0.25, -0.2) is 9.79 Å². The topological polar surface area (TPSA) is 73.1 Å². The number of methoxy groups -OCH3 is 1. The Bertz CT molecular complexity index is 2150. The van der Waals surface area contributed by atoms with Crippen molar-refractivity contribution in [1.82, 2.24) is 4.57 Å². The molecule has 224 valence electrons. The first-order valence-corrected chi connectivity index (χ1v) is 16.2. The predicted molar refractivity (Wildman–Crippen MR) is 179 cm³/mol. The first-order valence-electron chi connectivity index (χ1n) is 14.5. The van der Waals surface area contributed by atoms with E-state index in [1.54, 1.807) is 30.4 Å². The molecule has 0 N–H and O–H groups in total. The number of aromatic nitrogens is 1. The van der Waals surface area contributed by atoms with Crippen molar-refractivity contribution in [1.29, 1.82) is 0 Å². The van der Waals surface area contributed by atoms with Crippen molar-refractivity contribution in [3.63, 3.8) is 0 Å². The number of carbonyl (C=O) groups is 1. The molecule has 0 radical (unpaired) electrons. The average Bonchev–Trinajstić information content (AvgIpc) is 3.38. The van der Waals surface area contributed by atoms with Gasteiger partial charge in [-0.05, 0) is 60.5 Å². The highest BCUT2D eigenvalue weighted by atomic mass is 32.2. The second kappa shape index (κ2) is 11.9. The van der Waals surface area contributed by atoms with Gasteiger partial charge < -0.3 is 14.4 Å². The standard InChI is InChI=1S/C36H29N3O4S2/c1-4-43-35(41)31-32(23-10-6-5-7-11-23)37-36-39(33(31)24-15-17-25(42-3)18-16-24)34(40)30(45-36)21-22-14-19-27-29(20-22)44-28-13-9-8-12-26(28)38(27)2/h5-21,33H,4H2,1-3H3/b30-21+/t33-/m1/s1. The van der Waals surface area contributed by atoms with Crippen LogP contribution in [0.5, 0.6) is 5.75 Å². The number of ether oxygens (including phenoxy) is 2. The lowest BCUT2D eigenvalue weighted by Gasteiger charge is -2.29. The number of nitrogens with zero attached hydrogens (tertiary/aromatic N) is 3. The molecule has 0 aliphatic carbocycles. The molecule has 0 bridgehead atoms. The third-order valence-corrected chi connectivity index (χ3v) is 9.99. The number of fused-ring (bicyclic) bond motifs is 3. The normalized spacial score (nSPS) is 15.6. The summed E-state index contributed by atoms with van der Waals surface area (Å²) in [6.07, 6.45) is 1.91. The van der Waals surface area contributed by atoms with Crippen LogP contribution in [0.15, 0.2) is 122 Å². The summed E-state index contributed by atoms with van der Waals surface area (Å²) in [5.74, 6) is 0.168. The van der Waals surface area contributed by atoms with Gasteiger partial charge in [0.2, 0.25) is 0 Å². The molecule has 1 aromatic heterocycles. The molecule has 0 unspecified atom stereocenters. The maximum atomic E-state index is 14.3.